The van der Waals surface area contributed by atoms with Crippen molar-refractivity contribution in [1.82, 2.24) is 0 Å². The lowest BCUT2D eigenvalue weighted by molar-refractivity contribution is -0.360. The third-order valence-corrected chi connectivity index (χ3v) is 3.57. The zero-order valence-corrected chi connectivity index (χ0v) is 11.1. The molecule has 98 valence electrons. The standard InChI is InChI=1S/C14H24O3/c1-4-12(5-2)17-13-8-6-7-11(9-13)14-15-10(3)16-14/h9-10,12-14H,4-8H2,1-3H3/t10?,13-,14?/m0/s1. The summed E-state index contributed by atoms with van der Waals surface area (Å²) in [7, 11) is 0. The van der Waals surface area contributed by atoms with Crippen LogP contribution in [0.1, 0.15) is 52.9 Å². The van der Waals surface area contributed by atoms with E-state index in [-0.39, 0.29) is 18.7 Å². The Labute approximate surface area is 104 Å². The molecule has 0 saturated carbocycles. The topological polar surface area (TPSA) is 27.7 Å². The van der Waals surface area contributed by atoms with Gasteiger partial charge in [0.05, 0.1) is 12.2 Å². The second-order valence-electron chi connectivity index (χ2n) is 4.92. The molecule has 0 aromatic heterocycles. The fourth-order valence-electron chi connectivity index (χ4n) is 2.48. The van der Waals surface area contributed by atoms with Gasteiger partial charge in [-0.15, -0.1) is 0 Å². The van der Waals surface area contributed by atoms with Gasteiger partial charge >= 0.3 is 0 Å². The molecule has 1 saturated heterocycles. The van der Waals surface area contributed by atoms with E-state index in [2.05, 4.69) is 19.9 Å². The largest absolute Gasteiger partial charge is 0.371 e. The average molecular weight is 240 g/mol. The van der Waals surface area contributed by atoms with Crippen LogP contribution in [0, 0.1) is 0 Å². The van der Waals surface area contributed by atoms with Crippen LogP contribution in [-0.4, -0.2) is 24.8 Å². The van der Waals surface area contributed by atoms with Gasteiger partial charge in [0.1, 0.15) is 0 Å². The molecular weight excluding hydrogens is 216 g/mol. The van der Waals surface area contributed by atoms with Gasteiger partial charge in [0.25, 0.3) is 0 Å². The maximum atomic E-state index is 6.08. The van der Waals surface area contributed by atoms with Gasteiger partial charge in [0, 0.05) is 0 Å². The fraction of sp³-hybridized carbons (Fsp3) is 0.857. The zero-order chi connectivity index (χ0) is 12.3. The predicted molar refractivity (Wildman–Crippen MR) is 66.6 cm³/mol. The van der Waals surface area contributed by atoms with Crippen LogP contribution in [0.25, 0.3) is 0 Å². The highest BCUT2D eigenvalue weighted by Gasteiger charge is 2.32. The van der Waals surface area contributed by atoms with Crippen molar-refractivity contribution in [2.45, 2.75) is 77.7 Å². The molecule has 1 aliphatic heterocycles. The highest BCUT2D eigenvalue weighted by atomic mass is 16.9. The fourth-order valence-corrected chi connectivity index (χ4v) is 2.48. The molecule has 0 bridgehead atoms. The molecule has 1 atom stereocenters. The van der Waals surface area contributed by atoms with Crippen molar-refractivity contribution in [1.29, 1.82) is 0 Å². The molecule has 0 aromatic rings. The lowest BCUT2D eigenvalue weighted by Crippen LogP contribution is -2.41. The van der Waals surface area contributed by atoms with Gasteiger partial charge in [-0.2, -0.15) is 0 Å². The first-order chi connectivity index (χ1) is 8.22. The minimum absolute atomic E-state index is 0.0405. The van der Waals surface area contributed by atoms with Crippen molar-refractivity contribution in [3.63, 3.8) is 0 Å². The number of hydrogen-bond donors (Lipinski definition) is 0. The molecule has 0 aromatic carbocycles. The van der Waals surface area contributed by atoms with Crippen molar-refractivity contribution >= 4 is 0 Å². The van der Waals surface area contributed by atoms with E-state index in [1.807, 2.05) is 6.92 Å². The van der Waals surface area contributed by atoms with Crippen molar-refractivity contribution < 1.29 is 14.2 Å². The molecule has 3 nitrogen and oxygen atoms in total. The number of hydrogen-bond acceptors (Lipinski definition) is 3. The summed E-state index contributed by atoms with van der Waals surface area (Å²) in [5.74, 6) is 0. The van der Waals surface area contributed by atoms with Gasteiger partial charge < -0.3 is 14.2 Å². The first kappa shape index (κ1) is 13.1. The summed E-state index contributed by atoms with van der Waals surface area (Å²) >= 11 is 0. The van der Waals surface area contributed by atoms with Gasteiger partial charge in [-0.1, -0.05) is 19.9 Å². The molecule has 1 fully saturated rings. The van der Waals surface area contributed by atoms with E-state index in [0.29, 0.717) is 6.10 Å². The number of ether oxygens (including phenoxy) is 3. The maximum Gasteiger partial charge on any atom is 0.185 e. The quantitative estimate of drug-likeness (QED) is 0.689. The molecule has 1 aliphatic carbocycles. The van der Waals surface area contributed by atoms with Gasteiger partial charge in [0.15, 0.2) is 12.6 Å². The van der Waals surface area contributed by atoms with Crippen LogP contribution >= 0.6 is 0 Å². The minimum atomic E-state index is -0.0990. The van der Waals surface area contributed by atoms with Gasteiger partial charge in [0.2, 0.25) is 0 Å². The average Bonchev–Trinajstić information content (AvgIpc) is 2.32. The lowest BCUT2D eigenvalue weighted by Gasteiger charge is -2.37. The van der Waals surface area contributed by atoms with Crippen LogP contribution in [0.4, 0.5) is 0 Å². The van der Waals surface area contributed by atoms with E-state index in [9.17, 15) is 0 Å². The van der Waals surface area contributed by atoms with Gasteiger partial charge in [-0.25, -0.2) is 0 Å². The highest BCUT2D eigenvalue weighted by Crippen LogP contribution is 2.31. The zero-order valence-electron chi connectivity index (χ0n) is 11.1. The lowest BCUT2D eigenvalue weighted by atomic mass is 9.96. The Balaban J connectivity index is 1.88. The van der Waals surface area contributed by atoms with Crippen LogP contribution in [-0.2, 0) is 14.2 Å². The summed E-state index contributed by atoms with van der Waals surface area (Å²) in [5, 5.41) is 0. The monoisotopic (exact) mass is 240 g/mol. The molecule has 0 spiro atoms. The Morgan fingerprint density at radius 2 is 2.06 bits per heavy atom. The van der Waals surface area contributed by atoms with E-state index in [0.717, 1.165) is 25.7 Å². The van der Waals surface area contributed by atoms with Crippen LogP contribution in [0.5, 0.6) is 0 Å². The van der Waals surface area contributed by atoms with Crippen LogP contribution in [0.15, 0.2) is 11.6 Å². The van der Waals surface area contributed by atoms with E-state index < -0.39 is 0 Å². The molecule has 0 amide bonds. The van der Waals surface area contributed by atoms with E-state index in [4.69, 9.17) is 14.2 Å². The second kappa shape index (κ2) is 5.98. The number of rotatable bonds is 5. The van der Waals surface area contributed by atoms with Crippen molar-refractivity contribution in [3.05, 3.63) is 11.6 Å². The molecule has 0 radical (unpaired) electrons. The normalized spacial score (nSPS) is 33.4. The predicted octanol–water partition coefficient (Wildman–Crippen LogP) is 3.39. The van der Waals surface area contributed by atoms with Crippen molar-refractivity contribution in [2.24, 2.45) is 0 Å². The maximum absolute atomic E-state index is 6.08. The Hall–Kier alpha value is -0.380. The summed E-state index contributed by atoms with van der Waals surface area (Å²) < 4.78 is 17.2. The van der Waals surface area contributed by atoms with E-state index in [1.165, 1.54) is 12.0 Å². The van der Waals surface area contributed by atoms with E-state index in [1.54, 1.807) is 0 Å². The summed E-state index contributed by atoms with van der Waals surface area (Å²) in [6.07, 6.45) is 8.28. The van der Waals surface area contributed by atoms with Crippen LogP contribution in [0.2, 0.25) is 0 Å². The van der Waals surface area contributed by atoms with Crippen LogP contribution in [0.3, 0.4) is 0 Å². The third kappa shape index (κ3) is 3.30. The smallest absolute Gasteiger partial charge is 0.185 e. The minimum Gasteiger partial charge on any atom is -0.371 e. The second-order valence-corrected chi connectivity index (χ2v) is 4.92. The molecule has 17 heavy (non-hydrogen) atoms. The Morgan fingerprint density at radius 1 is 1.35 bits per heavy atom. The molecule has 3 heteroatoms. The molecule has 0 N–H and O–H groups in total. The van der Waals surface area contributed by atoms with Crippen LogP contribution < -0.4 is 0 Å². The summed E-state index contributed by atoms with van der Waals surface area (Å²) in [6, 6.07) is 0. The van der Waals surface area contributed by atoms with Gasteiger partial charge in [-0.3, -0.25) is 0 Å². The van der Waals surface area contributed by atoms with E-state index >= 15 is 0 Å². The summed E-state index contributed by atoms with van der Waals surface area (Å²) in [5.41, 5.74) is 1.27. The Morgan fingerprint density at radius 3 is 2.65 bits per heavy atom. The molecule has 1 heterocycles. The van der Waals surface area contributed by atoms with Crippen molar-refractivity contribution in [3.8, 4) is 0 Å². The third-order valence-electron chi connectivity index (χ3n) is 3.57. The van der Waals surface area contributed by atoms with Gasteiger partial charge in [-0.05, 0) is 44.6 Å². The SMILES string of the molecule is CCC(CC)O[C@@H]1C=C(C2OC(C)O2)CCC1. The first-order valence-corrected chi connectivity index (χ1v) is 6.89. The molecule has 2 aliphatic rings. The van der Waals surface area contributed by atoms with Crippen molar-refractivity contribution in [2.75, 3.05) is 0 Å². The summed E-state index contributed by atoms with van der Waals surface area (Å²) in [4.78, 5) is 0. The highest BCUT2D eigenvalue weighted by molar-refractivity contribution is 5.13. The Kier molecular flexibility index (Phi) is 4.60. The molecule has 2 rings (SSSR count). The summed E-state index contributed by atoms with van der Waals surface area (Å²) in [6.45, 7) is 6.29. The molecule has 0 unspecified atom stereocenters. The first-order valence-electron chi connectivity index (χ1n) is 6.89. The molecular formula is C14H24O3. The Bertz CT molecular complexity index is 265.